The van der Waals surface area contributed by atoms with Crippen molar-refractivity contribution < 1.29 is 13.6 Å². The first-order chi connectivity index (χ1) is 5.19. The maximum absolute atomic E-state index is 12.3. The van der Waals surface area contributed by atoms with Crippen LogP contribution in [0.5, 0.6) is 0 Å². The van der Waals surface area contributed by atoms with Gasteiger partial charge in [0.2, 0.25) is 0 Å². The molecule has 1 amide bonds. The number of hydrogen-bond donors (Lipinski definition) is 2. The minimum Gasteiger partial charge on any atom is -0.345 e. The van der Waals surface area contributed by atoms with Crippen LogP contribution < -0.4 is 11.1 Å². The van der Waals surface area contributed by atoms with Gasteiger partial charge in [0.25, 0.3) is 5.91 Å². The lowest BCUT2D eigenvalue weighted by molar-refractivity contribution is -0.144. The SMILES string of the molecule is CC(C)(CN)NC(=O)C(C)(F)F. The van der Waals surface area contributed by atoms with Gasteiger partial charge in [-0.05, 0) is 13.8 Å². The van der Waals surface area contributed by atoms with Crippen molar-refractivity contribution in [2.45, 2.75) is 32.2 Å². The van der Waals surface area contributed by atoms with Crippen molar-refractivity contribution >= 4 is 5.91 Å². The van der Waals surface area contributed by atoms with E-state index in [4.69, 9.17) is 5.73 Å². The molecule has 0 aromatic heterocycles. The van der Waals surface area contributed by atoms with E-state index < -0.39 is 17.4 Å². The Bertz CT molecular complexity index is 175. The van der Waals surface area contributed by atoms with Crippen molar-refractivity contribution in [2.75, 3.05) is 6.54 Å². The zero-order valence-corrected chi connectivity index (χ0v) is 7.45. The number of carbonyl (C=O) groups excluding carboxylic acids is 1. The summed E-state index contributed by atoms with van der Waals surface area (Å²) in [5, 5.41) is 2.13. The zero-order valence-electron chi connectivity index (χ0n) is 7.45. The number of nitrogens with one attached hydrogen (secondary N) is 1. The number of halogens is 2. The fourth-order valence-corrected chi connectivity index (χ4v) is 0.468. The van der Waals surface area contributed by atoms with Gasteiger partial charge < -0.3 is 11.1 Å². The molecule has 12 heavy (non-hydrogen) atoms. The summed E-state index contributed by atoms with van der Waals surface area (Å²) >= 11 is 0. The summed E-state index contributed by atoms with van der Waals surface area (Å²) in [6.07, 6.45) is 0. The summed E-state index contributed by atoms with van der Waals surface area (Å²) in [6.45, 7) is 3.83. The fraction of sp³-hybridized carbons (Fsp3) is 0.857. The molecule has 5 heteroatoms. The average molecular weight is 180 g/mol. The Hall–Kier alpha value is -0.710. The van der Waals surface area contributed by atoms with E-state index in [2.05, 4.69) is 5.32 Å². The van der Waals surface area contributed by atoms with E-state index >= 15 is 0 Å². The van der Waals surface area contributed by atoms with Crippen LogP contribution in [0.15, 0.2) is 0 Å². The van der Waals surface area contributed by atoms with Gasteiger partial charge in [-0.25, -0.2) is 0 Å². The second-order valence-electron chi connectivity index (χ2n) is 3.43. The number of hydrogen-bond acceptors (Lipinski definition) is 2. The molecule has 0 rings (SSSR count). The fourth-order valence-electron chi connectivity index (χ4n) is 0.468. The molecule has 0 spiro atoms. The topological polar surface area (TPSA) is 55.1 Å². The molecule has 0 atom stereocenters. The van der Waals surface area contributed by atoms with Gasteiger partial charge >= 0.3 is 5.92 Å². The van der Waals surface area contributed by atoms with Crippen LogP contribution in [-0.2, 0) is 4.79 Å². The van der Waals surface area contributed by atoms with Gasteiger partial charge in [-0.15, -0.1) is 0 Å². The molecule has 0 aliphatic heterocycles. The second kappa shape index (κ2) is 3.35. The summed E-state index contributed by atoms with van der Waals surface area (Å²) in [6, 6.07) is 0. The predicted molar refractivity (Wildman–Crippen MR) is 41.9 cm³/mol. The van der Waals surface area contributed by atoms with Crippen LogP contribution in [0.1, 0.15) is 20.8 Å². The van der Waals surface area contributed by atoms with Crippen molar-refractivity contribution in [2.24, 2.45) is 5.73 Å². The van der Waals surface area contributed by atoms with Crippen LogP contribution in [0, 0.1) is 0 Å². The third-order valence-electron chi connectivity index (χ3n) is 1.36. The minimum atomic E-state index is -3.34. The van der Waals surface area contributed by atoms with E-state index in [1.807, 2.05) is 0 Å². The molecule has 0 aliphatic rings. The van der Waals surface area contributed by atoms with E-state index in [-0.39, 0.29) is 6.54 Å². The van der Waals surface area contributed by atoms with Crippen molar-refractivity contribution in [3.63, 3.8) is 0 Å². The van der Waals surface area contributed by atoms with Crippen molar-refractivity contribution in [1.82, 2.24) is 5.32 Å². The summed E-state index contributed by atoms with van der Waals surface area (Å²) in [4.78, 5) is 10.7. The summed E-state index contributed by atoms with van der Waals surface area (Å²) < 4.78 is 24.7. The van der Waals surface area contributed by atoms with Gasteiger partial charge in [-0.1, -0.05) is 0 Å². The van der Waals surface area contributed by atoms with Gasteiger partial charge in [0.05, 0.1) is 0 Å². The van der Waals surface area contributed by atoms with Gasteiger partial charge in [-0.3, -0.25) is 4.79 Å². The van der Waals surface area contributed by atoms with Crippen LogP contribution in [0.3, 0.4) is 0 Å². The molecule has 0 radical (unpaired) electrons. The normalized spacial score (nSPS) is 12.8. The van der Waals surface area contributed by atoms with Crippen molar-refractivity contribution in [1.29, 1.82) is 0 Å². The zero-order chi connectivity index (χ0) is 9.99. The molecule has 0 saturated heterocycles. The first-order valence-electron chi connectivity index (χ1n) is 3.59. The predicted octanol–water partition coefficient (Wildman–Crippen LogP) is 0.495. The molecule has 0 aliphatic carbocycles. The largest absolute Gasteiger partial charge is 0.345 e. The van der Waals surface area contributed by atoms with E-state index in [1.54, 1.807) is 13.8 Å². The van der Waals surface area contributed by atoms with Crippen LogP contribution in [-0.4, -0.2) is 23.9 Å². The lowest BCUT2D eigenvalue weighted by atomic mass is 10.1. The highest BCUT2D eigenvalue weighted by Gasteiger charge is 2.35. The molecule has 0 heterocycles. The molecule has 0 unspecified atom stereocenters. The van der Waals surface area contributed by atoms with Gasteiger partial charge in [-0.2, -0.15) is 8.78 Å². The van der Waals surface area contributed by atoms with Crippen LogP contribution in [0.25, 0.3) is 0 Å². The maximum atomic E-state index is 12.3. The summed E-state index contributed by atoms with van der Waals surface area (Å²) in [5.74, 6) is -4.63. The van der Waals surface area contributed by atoms with Crippen molar-refractivity contribution in [3.05, 3.63) is 0 Å². The van der Waals surface area contributed by atoms with Crippen LogP contribution in [0.2, 0.25) is 0 Å². The molecule has 3 nitrogen and oxygen atoms in total. The van der Waals surface area contributed by atoms with E-state index in [9.17, 15) is 13.6 Å². The Labute approximate surface area is 70.3 Å². The number of alkyl halides is 2. The van der Waals surface area contributed by atoms with E-state index in [1.165, 1.54) is 0 Å². The third-order valence-corrected chi connectivity index (χ3v) is 1.36. The standard InChI is InChI=1S/C7H14F2N2O/c1-6(2,4-10)11-5(12)7(3,8)9/h4,10H2,1-3H3,(H,11,12). The highest BCUT2D eigenvalue weighted by Crippen LogP contribution is 2.13. The second-order valence-corrected chi connectivity index (χ2v) is 3.43. The first kappa shape index (κ1) is 11.3. The smallest absolute Gasteiger partial charge is 0.321 e. The lowest BCUT2D eigenvalue weighted by Crippen LogP contribution is -2.53. The van der Waals surface area contributed by atoms with Crippen molar-refractivity contribution in [3.8, 4) is 0 Å². The van der Waals surface area contributed by atoms with Gasteiger partial charge in [0.1, 0.15) is 0 Å². The van der Waals surface area contributed by atoms with Crippen LogP contribution >= 0.6 is 0 Å². The molecule has 0 aromatic carbocycles. The molecule has 72 valence electrons. The van der Waals surface area contributed by atoms with Crippen LogP contribution in [0.4, 0.5) is 8.78 Å². The molecule has 0 fully saturated rings. The molecular weight excluding hydrogens is 166 g/mol. The number of amides is 1. The molecule has 3 N–H and O–H groups in total. The van der Waals surface area contributed by atoms with E-state index in [0.717, 1.165) is 0 Å². The molecule has 0 bridgehead atoms. The first-order valence-corrected chi connectivity index (χ1v) is 3.59. The number of carbonyl (C=O) groups is 1. The Balaban J connectivity index is 4.20. The lowest BCUT2D eigenvalue weighted by Gasteiger charge is -2.25. The Morgan fingerprint density at radius 1 is 1.42 bits per heavy atom. The Morgan fingerprint density at radius 2 is 1.83 bits per heavy atom. The molecular formula is C7H14F2N2O. The average Bonchev–Trinajstić information content (AvgIpc) is 1.85. The Morgan fingerprint density at radius 3 is 2.08 bits per heavy atom. The van der Waals surface area contributed by atoms with Gasteiger partial charge in [0.15, 0.2) is 0 Å². The highest BCUT2D eigenvalue weighted by atomic mass is 19.3. The van der Waals surface area contributed by atoms with E-state index in [0.29, 0.717) is 6.92 Å². The number of nitrogens with two attached hydrogens (primary N) is 1. The molecule has 0 aromatic rings. The quantitative estimate of drug-likeness (QED) is 0.664. The minimum absolute atomic E-state index is 0.120. The Kier molecular flexibility index (Phi) is 3.15. The molecule has 0 saturated carbocycles. The summed E-state index contributed by atoms with van der Waals surface area (Å²) in [7, 11) is 0. The number of rotatable bonds is 3. The summed E-state index contributed by atoms with van der Waals surface area (Å²) in [5.41, 5.74) is 4.46. The maximum Gasteiger partial charge on any atom is 0.321 e. The van der Waals surface area contributed by atoms with Gasteiger partial charge in [0, 0.05) is 19.0 Å². The highest BCUT2D eigenvalue weighted by molar-refractivity contribution is 5.83. The monoisotopic (exact) mass is 180 g/mol. The third kappa shape index (κ3) is 3.61.